The maximum absolute atomic E-state index is 2.43. The summed E-state index contributed by atoms with van der Waals surface area (Å²) >= 11 is 0. The van der Waals surface area contributed by atoms with Crippen molar-refractivity contribution in [3.8, 4) is 44.5 Å². The molecule has 10 aromatic rings. The van der Waals surface area contributed by atoms with E-state index in [1.54, 1.807) is 0 Å². The van der Waals surface area contributed by atoms with Gasteiger partial charge in [-0.05, 0) is 119 Å². The van der Waals surface area contributed by atoms with Crippen molar-refractivity contribution in [3.05, 3.63) is 241 Å². The van der Waals surface area contributed by atoms with Gasteiger partial charge in [-0.3, -0.25) is 0 Å². The van der Waals surface area contributed by atoms with Gasteiger partial charge < -0.3 is 0 Å². The van der Waals surface area contributed by atoms with Gasteiger partial charge in [0.1, 0.15) is 0 Å². The van der Waals surface area contributed by atoms with Gasteiger partial charge in [0.05, 0.1) is 0 Å². The van der Waals surface area contributed by atoms with E-state index in [1.807, 2.05) is 0 Å². The molecule has 0 amide bonds. The lowest BCUT2D eigenvalue weighted by Gasteiger charge is -2.34. The first-order valence-corrected chi connectivity index (χ1v) is 19.5. The van der Waals surface area contributed by atoms with Crippen LogP contribution < -0.4 is 0 Å². The van der Waals surface area contributed by atoms with E-state index in [9.17, 15) is 0 Å². The van der Waals surface area contributed by atoms with Crippen LogP contribution in [0.2, 0.25) is 0 Å². The van der Waals surface area contributed by atoms with Gasteiger partial charge in [0, 0.05) is 5.41 Å². The zero-order valence-electron chi connectivity index (χ0n) is 31.4. The lowest BCUT2D eigenvalue weighted by Crippen LogP contribution is -2.26. The van der Waals surface area contributed by atoms with Crippen LogP contribution in [-0.2, 0) is 5.41 Å². The minimum atomic E-state index is -0.390. The molecule has 0 aliphatic carbocycles. The molecule has 264 valence electrons. The van der Waals surface area contributed by atoms with Crippen molar-refractivity contribution >= 4 is 32.3 Å². The highest BCUT2D eigenvalue weighted by atomic mass is 14.4. The van der Waals surface area contributed by atoms with Crippen molar-refractivity contribution in [2.24, 2.45) is 0 Å². The monoisotopic (exact) mass is 712 g/mol. The van der Waals surface area contributed by atoms with Crippen molar-refractivity contribution in [2.45, 2.75) is 12.3 Å². The Morgan fingerprint density at radius 1 is 0.250 bits per heavy atom. The Bertz CT molecular complexity index is 2920. The van der Waals surface area contributed by atoms with Crippen molar-refractivity contribution in [1.82, 2.24) is 0 Å². The topological polar surface area (TPSA) is 0 Å². The quantitative estimate of drug-likeness (QED) is 0.114. The summed E-state index contributed by atoms with van der Waals surface area (Å²) in [6.07, 6.45) is 0. The van der Waals surface area contributed by atoms with Crippen LogP contribution in [-0.4, -0.2) is 0 Å². The average molecular weight is 713 g/mol. The molecule has 0 bridgehead atoms. The molecule has 0 unspecified atom stereocenters. The lowest BCUT2D eigenvalue weighted by atomic mass is 9.68. The standard InChI is InChI=1S/C56H40/c1-56(46-20-7-3-8-21-46,47-22-9-4-10-23-47)55-38-45(32-34-48(55)41-16-5-2-6-17-41)43-19-15-18-42(36-43)39-28-30-40(31-29-39)44-33-35-53-51-26-12-11-24-49(51)50-25-13-14-27-52(50)54(53)37-44/h2-38H,1H3. The molecule has 0 saturated carbocycles. The smallest absolute Gasteiger partial charge is 0.0429 e. The summed E-state index contributed by atoms with van der Waals surface area (Å²) < 4.78 is 0. The third kappa shape index (κ3) is 5.79. The summed E-state index contributed by atoms with van der Waals surface area (Å²) in [4.78, 5) is 0. The van der Waals surface area contributed by atoms with Crippen LogP contribution in [0.15, 0.2) is 224 Å². The normalized spacial score (nSPS) is 11.7. The number of benzene rings is 10. The number of hydrogen-bond donors (Lipinski definition) is 0. The van der Waals surface area contributed by atoms with Gasteiger partial charge in [0.15, 0.2) is 0 Å². The van der Waals surface area contributed by atoms with E-state index >= 15 is 0 Å². The molecule has 0 heteroatoms. The Kier molecular flexibility index (Phi) is 8.38. The van der Waals surface area contributed by atoms with Crippen LogP contribution in [0.3, 0.4) is 0 Å². The van der Waals surface area contributed by atoms with E-state index in [0.29, 0.717) is 0 Å². The maximum Gasteiger partial charge on any atom is 0.0429 e. The fourth-order valence-electron chi connectivity index (χ4n) is 8.85. The third-order valence-corrected chi connectivity index (χ3v) is 11.8. The zero-order valence-corrected chi connectivity index (χ0v) is 31.4. The van der Waals surface area contributed by atoms with Crippen LogP contribution >= 0.6 is 0 Å². The summed E-state index contributed by atoms with van der Waals surface area (Å²) in [6.45, 7) is 2.38. The first-order valence-electron chi connectivity index (χ1n) is 19.5. The zero-order chi connectivity index (χ0) is 37.5. The van der Waals surface area contributed by atoms with Crippen molar-refractivity contribution in [2.75, 3.05) is 0 Å². The van der Waals surface area contributed by atoms with E-state index in [2.05, 4.69) is 231 Å². The molecule has 0 heterocycles. The van der Waals surface area contributed by atoms with Gasteiger partial charge in [-0.1, -0.05) is 206 Å². The fourth-order valence-corrected chi connectivity index (χ4v) is 8.85. The highest BCUT2D eigenvalue weighted by Crippen LogP contribution is 2.45. The Labute approximate surface area is 329 Å². The molecule has 0 saturated heterocycles. The second-order valence-corrected chi connectivity index (χ2v) is 15.0. The van der Waals surface area contributed by atoms with Crippen molar-refractivity contribution < 1.29 is 0 Å². The molecule has 10 rings (SSSR count). The Morgan fingerprint density at radius 2 is 0.625 bits per heavy atom. The molecule has 0 N–H and O–H groups in total. The van der Waals surface area contributed by atoms with Gasteiger partial charge in [0.2, 0.25) is 0 Å². The van der Waals surface area contributed by atoms with Gasteiger partial charge in [-0.25, -0.2) is 0 Å². The predicted octanol–water partition coefficient (Wildman–Crippen LogP) is 15.2. The highest BCUT2D eigenvalue weighted by Gasteiger charge is 2.33. The fraction of sp³-hybridized carbons (Fsp3) is 0.0357. The second-order valence-electron chi connectivity index (χ2n) is 15.0. The van der Waals surface area contributed by atoms with Crippen LogP contribution in [0.5, 0.6) is 0 Å². The third-order valence-electron chi connectivity index (χ3n) is 11.8. The van der Waals surface area contributed by atoms with Crippen molar-refractivity contribution in [1.29, 1.82) is 0 Å². The second kappa shape index (κ2) is 14.0. The van der Waals surface area contributed by atoms with E-state index in [0.717, 1.165) is 0 Å². The van der Waals surface area contributed by atoms with Crippen LogP contribution in [0, 0.1) is 0 Å². The molecule has 0 radical (unpaired) electrons. The largest absolute Gasteiger partial charge is 0.0622 e. The Hall–Kier alpha value is -7.02. The van der Waals surface area contributed by atoms with Gasteiger partial charge in [-0.2, -0.15) is 0 Å². The number of hydrogen-bond acceptors (Lipinski definition) is 0. The predicted molar refractivity (Wildman–Crippen MR) is 239 cm³/mol. The number of fused-ring (bicyclic) bond motifs is 6. The molecule has 0 fully saturated rings. The number of rotatable bonds is 7. The molecule has 56 heavy (non-hydrogen) atoms. The molecule has 0 aliphatic rings. The molecule has 0 aliphatic heterocycles. The summed E-state index contributed by atoms with van der Waals surface area (Å²) in [5.41, 5.74) is 13.1. The molecular weight excluding hydrogens is 673 g/mol. The minimum Gasteiger partial charge on any atom is -0.0622 e. The molecule has 0 spiro atoms. The van der Waals surface area contributed by atoms with Gasteiger partial charge >= 0.3 is 0 Å². The van der Waals surface area contributed by atoms with E-state index in [4.69, 9.17) is 0 Å². The molecule has 0 nitrogen and oxygen atoms in total. The van der Waals surface area contributed by atoms with Gasteiger partial charge in [-0.15, -0.1) is 0 Å². The first kappa shape index (κ1) is 33.5. The summed E-state index contributed by atoms with van der Waals surface area (Å²) in [6, 6.07) is 82.3. The van der Waals surface area contributed by atoms with Crippen LogP contribution in [0.25, 0.3) is 76.8 Å². The summed E-state index contributed by atoms with van der Waals surface area (Å²) in [7, 11) is 0. The lowest BCUT2D eigenvalue weighted by molar-refractivity contribution is 0.695. The highest BCUT2D eigenvalue weighted by molar-refractivity contribution is 6.25. The molecule has 10 aromatic carbocycles. The summed E-state index contributed by atoms with van der Waals surface area (Å²) in [5.74, 6) is 0. The average Bonchev–Trinajstić information content (AvgIpc) is 3.29. The molecule has 0 atom stereocenters. The van der Waals surface area contributed by atoms with E-state index in [1.165, 1.54) is 93.5 Å². The SMILES string of the molecule is CC(c1ccccc1)(c1ccccc1)c1cc(-c2cccc(-c3ccc(-c4ccc5c6ccccc6c6ccccc6c5c4)cc3)c2)ccc1-c1ccccc1. The Balaban J connectivity index is 1.05. The van der Waals surface area contributed by atoms with E-state index < -0.39 is 0 Å². The first-order chi connectivity index (χ1) is 27.6. The van der Waals surface area contributed by atoms with Gasteiger partial charge in [0.25, 0.3) is 0 Å². The van der Waals surface area contributed by atoms with Crippen LogP contribution in [0.1, 0.15) is 23.6 Å². The molecule has 0 aromatic heterocycles. The minimum absolute atomic E-state index is 0.390. The van der Waals surface area contributed by atoms with Crippen LogP contribution in [0.4, 0.5) is 0 Å². The molecular formula is C56H40. The van der Waals surface area contributed by atoms with E-state index in [-0.39, 0.29) is 5.41 Å². The van der Waals surface area contributed by atoms with Crippen molar-refractivity contribution in [3.63, 3.8) is 0 Å². The Morgan fingerprint density at radius 3 is 1.18 bits per heavy atom. The summed E-state index contributed by atoms with van der Waals surface area (Å²) in [5, 5.41) is 7.79. The maximum atomic E-state index is 2.43.